The van der Waals surface area contributed by atoms with Crippen molar-refractivity contribution >= 4 is 22.5 Å². The van der Waals surface area contributed by atoms with Crippen LogP contribution in [-0.4, -0.2) is 32.9 Å². The van der Waals surface area contributed by atoms with E-state index >= 15 is 0 Å². The Labute approximate surface area is 112 Å². The Kier molecular flexibility index (Phi) is 7.36. The Bertz CT molecular complexity index is 326. The van der Waals surface area contributed by atoms with Gasteiger partial charge in [0, 0.05) is 16.0 Å². The lowest BCUT2D eigenvalue weighted by atomic mass is 10.0. The van der Waals surface area contributed by atoms with Gasteiger partial charge >= 0.3 is 0 Å². The van der Waals surface area contributed by atoms with Crippen LogP contribution in [0.3, 0.4) is 0 Å². The summed E-state index contributed by atoms with van der Waals surface area (Å²) in [6.45, 7) is 11.0. The molecule has 0 radical (unpaired) electrons. The maximum atomic E-state index is 11.9. The van der Waals surface area contributed by atoms with Gasteiger partial charge in [-0.3, -0.25) is 13.8 Å². The first-order valence-corrected chi connectivity index (χ1v) is 7.72. The number of nitrogens with one attached hydrogen (secondary N) is 1. The van der Waals surface area contributed by atoms with Crippen LogP contribution in [0.4, 0.5) is 0 Å². The third kappa shape index (κ3) is 5.76. The van der Waals surface area contributed by atoms with E-state index in [0.717, 1.165) is 0 Å². The largest absolute Gasteiger partial charge is 0.345 e. The van der Waals surface area contributed by atoms with Crippen molar-refractivity contribution < 1.29 is 13.8 Å². The number of carbonyl (C=O) groups excluding carboxylic acids is 2. The van der Waals surface area contributed by atoms with Crippen LogP contribution in [0.5, 0.6) is 0 Å². The molecule has 0 saturated heterocycles. The van der Waals surface area contributed by atoms with Gasteiger partial charge in [0.2, 0.25) is 5.91 Å². The van der Waals surface area contributed by atoms with Crippen molar-refractivity contribution in [2.24, 2.45) is 11.8 Å². The van der Waals surface area contributed by atoms with Gasteiger partial charge in [-0.05, 0) is 18.8 Å². The van der Waals surface area contributed by atoms with Crippen LogP contribution in [0, 0.1) is 11.8 Å². The van der Waals surface area contributed by atoms with Crippen molar-refractivity contribution in [1.29, 1.82) is 0 Å². The van der Waals surface area contributed by atoms with E-state index in [9.17, 15) is 13.8 Å². The van der Waals surface area contributed by atoms with Crippen LogP contribution < -0.4 is 5.32 Å². The maximum absolute atomic E-state index is 11.9. The van der Waals surface area contributed by atoms with Crippen LogP contribution in [0.15, 0.2) is 0 Å². The topological polar surface area (TPSA) is 63.2 Å². The number of ketones is 1. The highest BCUT2D eigenvalue weighted by atomic mass is 32.2. The highest BCUT2D eigenvalue weighted by Crippen LogP contribution is 2.09. The Morgan fingerprint density at radius 2 is 1.56 bits per heavy atom. The molecule has 0 aromatic heterocycles. The molecule has 0 aliphatic heterocycles. The Morgan fingerprint density at radius 3 is 1.89 bits per heavy atom. The second-order valence-corrected chi connectivity index (χ2v) is 7.17. The first-order valence-electron chi connectivity index (χ1n) is 6.33. The number of rotatable bonds is 7. The molecule has 0 heterocycles. The molecule has 0 saturated carbocycles. The van der Waals surface area contributed by atoms with Gasteiger partial charge in [-0.15, -0.1) is 0 Å². The molecule has 3 unspecified atom stereocenters. The van der Waals surface area contributed by atoms with E-state index in [4.69, 9.17) is 0 Å². The molecule has 1 N–H and O–H groups in total. The average Bonchev–Trinajstić information content (AvgIpc) is 2.23. The van der Waals surface area contributed by atoms with Gasteiger partial charge in [-0.25, -0.2) is 0 Å². The lowest BCUT2D eigenvalue weighted by molar-refractivity contribution is -0.126. The summed E-state index contributed by atoms with van der Waals surface area (Å²) in [6.07, 6.45) is 0. The van der Waals surface area contributed by atoms with Crippen LogP contribution >= 0.6 is 0 Å². The fraction of sp³-hybridized carbons (Fsp3) is 0.846. The summed E-state index contributed by atoms with van der Waals surface area (Å²) in [4.78, 5) is 23.1. The fourth-order valence-corrected chi connectivity index (χ4v) is 2.73. The second-order valence-electron chi connectivity index (χ2n) is 5.37. The molecule has 18 heavy (non-hydrogen) atoms. The first-order chi connectivity index (χ1) is 8.16. The molecular weight excluding hydrogens is 250 g/mol. The van der Waals surface area contributed by atoms with E-state index < -0.39 is 16.8 Å². The smallest absolute Gasteiger partial charge is 0.233 e. The molecule has 4 nitrogen and oxygen atoms in total. The number of Topliss-reactive ketones (excluding diaryl/α,β-unsaturated/α-hetero) is 1. The molecule has 5 heteroatoms. The number of hydrogen-bond donors (Lipinski definition) is 1. The molecule has 0 rings (SSSR count). The van der Waals surface area contributed by atoms with Gasteiger partial charge in [-0.1, -0.05) is 34.6 Å². The van der Waals surface area contributed by atoms with Crippen molar-refractivity contribution in [1.82, 2.24) is 5.32 Å². The Morgan fingerprint density at radius 1 is 1.06 bits per heavy atom. The van der Waals surface area contributed by atoms with E-state index in [1.807, 2.05) is 34.6 Å². The quantitative estimate of drug-likeness (QED) is 0.766. The summed E-state index contributed by atoms with van der Waals surface area (Å²) in [5.41, 5.74) is 0. The predicted molar refractivity (Wildman–Crippen MR) is 74.8 cm³/mol. The minimum absolute atomic E-state index is 0.0226. The zero-order chi connectivity index (χ0) is 14.5. The molecule has 0 aromatic carbocycles. The monoisotopic (exact) mass is 275 g/mol. The van der Waals surface area contributed by atoms with Crippen molar-refractivity contribution in [3.63, 3.8) is 0 Å². The SMILES string of the molecule is CC(=O)C(NC(=O)CS(=O)C(C)C(C)C)C(C)C. The maximum Gasteiger partial charge on any atom is 0.233 e. The van der Waals surface area contributed by atoms with Gasteiger partial charge in [0.15, 0.2) is 5.78 Å². The van der Waals surface area contributed by atoms with Crippen molar-refractivity contribution in [3.8, 4) is 0 Å². The standard InChI is InChI=1S/C13H25NO3S/c1-8(2)11(6)18(17)7-12(16)14-13(9(3)4)10(5)15/h8-9,11,13H,7H2,1-6H3,(H,14,16). The van der Waals surface area contributed by atoms with Crippen molar-refractivity contribution in [3.05, 3.63) is 0 Å². The lowest BCUT2D eigenvalue weighted by Crippen LogP contribution is -2.45. The predicted octanol–water partition coefficient (Wildman–Crippen LogP) is 1.51. The van der Waals surface area contributed by atoms with Gasteiger partial charge in [0.25, 0.3) is 0 Å². The molecule has 0 aromatic rings. The van der Waals surface area contributed by atoms with Gasteiger partial charge < -0.3 is 5.32 Å². The number of hydrogen-bond acceptors (Lipinski definition) is 3. The summed E-state index contributed by atoms with van der Waals surface area (Å²) in [5.74, 6) is -0.0962. The van der Waals surface area contributed by atoms with Gasteiger partial charge in [0.05, 0.1) is 6.04 Å². The van der Waals surface area contributed by atoms with E-state index in [0.29, 0.717) is 0 Å². The summed E-state index contributed by atoms with van der Waals surface area (Å²) in [5, 5.41) is 2.64. The number of carbonyl (C=O) groups is 2. The lowest BCUT2D eigenvalue weighted by Gasteiger charge is -2.20. The molecule has 3 atom stereocenters. The number of amides is 1. The summed E-state index contributed by atoms with van der Waals surface area (Å²) in [6, 6.07) is -0.483. The Hall–Kier alpha value is -0.710. The zero-order valence-corrected chi connectivity index (χ0v) is 13.0. The van der Waals surface area contributed by atoms with Crippen molar-refractivity contribution in [2.45, 2.75) is 52.8 Å². The van der Waals surface area contributed by atoms with E-state index in [-0.39, 0.29) is 34.5 Å². The van der Waals surface area contributed by atoms with E-state index in [1.54, 1.807) is 0 Å². The average molecular weight is 275 g/mol. The fourth-order valence-electron chi connectivity index (χ4n) is 1.52. The molecule has 0 bridgehead atoms. The molecule has 0 aliphatic carbocycles. The Balaban J connectivity index is 4.42. The summed E-state index contributed by atoms with van der Waals surface area (Å²) in [7, 11) is -1.19. The third-order valence-corrected chi connectivity index (χ3v) is 4.97. The van der Waals surface area contributed by atoms with Crippen LogP contribution in [0.2, 0.25) is 0 Å². The normalized spacial score (nSPS) is 16.4. The molecule has 0 aliphatic rings. The highest BCUT2D eigenvalue weighted by molar-refractivity contribution is 7.86. The molecule has 1 amide bonds. The van der Waals surface area contributed by atoms with Crippen LogP contribution in [0.25, 0.3) is 0 Å². The minimum Gasteiger partial charge on any atom is -0.345 e. The van der Waals surface area contributed by atoms with Crippen LogP contribution in [-0.2, 0) is 20.4 Å². The third-order valence-electron chi connectivity index (χ3n) is 3.05. The second kappa shape index (κ2) is 7.67. The molecule has 106 valence electrons. The van der Waals surface area contributed by atoms with Crippen LogP contribution in [0.1, 0.15) is 41.5 Å². The van der Waals surface area contributed by atoms with E-state index in [2.05, 4.69) is 5.32 Å². The molecule has 0 spiro atoms. The van der Waals surface area contributed by atoms with Gasteiger partial charge in [-0.2, -0.15) is 0 Å². The first kappa shape index (κ1) is 17.3. The summed E-state index contributed by atoms with van der Waals surface area (Å²) >= 11 is 0. The minimum atomic E-state index is -1.19. The molecule has 0 fully saturated rings. The summed E-state index contributed by atoms with van der Waals surface area (Å²) < 4.78 is 11.9. The van der Waals surface area contributed by atoms with Crippen molar-refractivity contribution in [2.75, 3.05) is 5.75 Å². The zero-order valence-electron chi connectivity index (χ0n) is 12.1. The van der Waals surface area contributed by atoms with E-state index in [1.165, 1.54) is 6.92 Å². The highest BCUT2D eigenvalue weighted by Gasteiger charge is 2.23. The molecular formula is C13H25NO3S. The van der Waals surface area contributed by atoms with Gasteiger partial charge in [0.1, 0.15) is 5.75 Å².